The standard InChI is InChI=1S/C11H18N2O2S2/c1-7-8(17-10(16)12-7)5-9(14)13(4)6-11(2,3)15/h15H,5-6H2,1-4H3,(H,12,16). The molecule has 4 nitrogen and oxygen atoms in total. The molecule has 17 heavy (non-hydrogen) atoms. The van der Waals surface area contributed by atoms with E-state index in [1.165, 1.54) is 11.3 Å². The molecule has 1 heterocycles. The van der Waals surface area contributed by atoms with Gasteiger partial charge in [0.2, 0.25) is 5.91 Å². The molecule has 1 amide bonds. The van der Waals surface area contributed by atoms with E-state index in [1.54, 1.807) is 25.8 Å². The SMILES string of the molecule is Cc1[nH]c(=S)sc1CC(=O)N(C)CC(C)(C)O. The van der Waals surface area contributed by atoms with Gasteiger partial charge in [0.15, 0.2) is 3.95 Å². The summed E-state index contributed by atoms with van der Waals surface area (Å²) in [4.78, 5) is 17.4. The molecule has 1 rings (SSSR count). The number of nitrogens with zero attached hydrogens (tertiary/aromatic N) is 1. The maximum Gasteiger partial charge on any atom is 0.227 e. The number of rotatable bonds is 4. The lowest BCUT2D eigenvalue weighted by atomic mass is 10.1. The van der Waals surface area contributed by atoms with Crippen molar-refractivity contribution in [2.24, 2.45) is 0 Å². The molecule has 0 bridgehead atoms. The Kier molecular flexibility index (Phi) is 4.46. The van der Waals surface area contributed by atoms with E-state index in [1.807, 2.05) is 6.92 Å². The number of nitrogens with one attached hydrogen (secondary N) is 1. The summed E-state index contributed by atoms with van der Waals surface area (Å²) < 4.78 is 0.690. The molecule has 0 atom stereocenters. The summed E-state index contributed by atoms with van der Waals surface area (Å²) in [6.07, 6.45) is 0.330. The van der Waals surface area contributed by atoms with E-state index in [2.05, 4.69) is 4.98 Å². The van der Waals surface area contributed by atoms with Gasteiger partial charge in [0.05, 0.1) is 12.0 Å². The van der Waals surface area contributed by atoms with Crippen molar-refractivity contribution in [3.05, 3.63) is 14.5 Å². The van der Waals surface area contributed by atoms with Crippen molar-refractivity contribution in [2.75, 3.05) is 13.6 Å². The molecule has 0 aromatic carbocycles. The van der Waals surface area contributed by atoms with E-state index >= 15 is 0 Å². The van der Waals surface area contributed by atoms with Gasteiger partial charge < -0.3 is 15.0 Å². The minimum atomic E-state index is -0.871. The highest BCUT2D eigenvalue weighted by atomic mass is 32.1. The lowest BCUT2D eigenvalue weighted by Crippen LogP contribution is -2.40. The van der Waals surface area contributed by atoms with E-state index in [0.29, 0.717) is 16.9 Å². The topological polar surface area (TPSA) is 56.3 Å². The molecule has 6 heteroatoms. The summed E-state index contributed by atoms with van der Waals surface area (Å²) in [6, 6.07) is 0. The first-order chi connectivity index (χ1) is 7.69. The van der Waals surface area contributed by atoms with Crippen LogP contribution in [0.3, 0.4) is 0 Å². The van der Waals surface area contributed by atoms with Crippen LogP contribution in [0.15, 0.2) is 0 Å². The average Bonchev–Trinajstić information content (AvgIpc) is 2.42. The van der Waals surface area contributed by atoms with E-state index in [-0.39, 0.29) is 5.91 Å². The molecule has 2 N–H and O–H groups in total. The molecule has 0 fully saturated rings. The van der Waals surface area contributed by atoms with Crippen LogP contribution in [0.5, 0.6) is 0 Å². The van der Waals surface area contributed by atoms with Crippen LogP contribution in [-0.4, -0.2) is 40.1 Å². The Bertz CT molecular complexity index is 457. The van der Waals surface area contributed by atoms with Crippen molar-refractivity contribution >= 4 is 29.5 Å². The maximum absolute atomic E-state index is 11.9. The van der Waals surface area contributed by atoms with Crippen LogP contribution in [0.2, 0.25) is 0 Å². The molecular formula is C11H18N2O2S2. The van der Waals surface area contributed by atoms with Crippen LogP contribution < -0.4 is 0 Å². The minimum absolute atomic E-state index is 0.0134. The van der Waals surface area contributed by atoms with Crippen LogP contribution in [0.25, 0.3) is 0 Å². The monoisotopic (exact) mass is 274 g/mol. The van der Waals surface area contributed by atoms with Crippen molar-refractivity contribution in [2.45, 2.75) is 32.8 Å². The number of aromatic amines is 1. The molecule has 96 valence electrons. The second-order valence-corrected chi connectivity index (χ2v) is 6.57. The molecule has 0 aliphatic heterocycles. The Balaban J connectivity index is 2.67. The zero-order valence-corrected chi connectivity index (χ0v) is 12.2. The van der Waals surface area contributed by atoms with Crippen LogP contribution in [-0.2, 0) is 11.2 Å². The Hall–Kier alpha value is -0.720. The van der Waals surface area contributed by atoms with E-state index in [9.17, 15) is 9.90 Å². The van der Waals surface area contributed by atoms with E-state index < -0.39 is 5.60 Å². The number of likely N-dealkylation sites (N-methyl/N-ethyl adjacent to an activating group) is 1. The lowest BCUT2D eigenvalue weighted by Gasteiger charge is -2.25. The number of hydrogen-bond donors (Lipinski definition) is 2. The molecule has 0 saturated heterocycles. The third-order valence-electron chi connectivity index (χ3n) is 2.29. The first kappa shape index (κ1) is 14.3. The smallest absolute Gasteiger partial charge is 0.227 e. The van der Waals surface area contributed by atoms with Crippen molar-refractivity contribution in [1.82, 2.24) is 9.88 Å². The van der Waals surface area contributed by atoms with Gasteiger partial charge in [0, 0.05) is 24.2 Å². The number of thiazole rings is 1. The molecule has 0 aliphatic carbocycles. The molecule has 0 unspecified atom stereocenters. The van der Waals surface area contributed by atoms with Gasteiger partial charge in [0.25, 0.3) is 0 Å². The molecule has 0 spiro atoms. The van der Waals surface area contributed by atoms with Crippen molar-refractivity contribution in [3.63, 3.8) is 0 Å². The highest BCUT2D eigenvalue weighted by Gasteiger charge is 2.20. The quantitative estimate of drug-likeness (QED) is 0.824. The third-order valence-corrected chi connectivity index (χ3v) is 3.62. The number of aryl methyl sites for hydroxylation is 1. The second kappa shape index (κ2) is 5.29. The van der Waals surface area contributed by atoms with Gasteiger partial charge in [-0.1, -0.05) is 0 Å². The highest BCUT2D eigenvalue weighted by Crippen LogP contribution is 2.16. The van der Waals surface area contributed by atoms with E-state index in [4.69, 9.17) is 12.2 Å². The highest BCUT2D eigenvalue weighted by molar-refractivity contribution is 7.73. The van der Waals surface area contributed by atoms with Gasteiger partial charge in [0.1, 0.15) is 0 Å². The predicted octanol–water partition coefficient (Wildman–Crippen LogP) is 1.89. The first-order valence-electron chi connectivity index (χ1n) is 5.34. The molecular weight excluding hydrogens is 256 g/mol. The summed E-state index contributed by atoms with van der Waals surface area (Å²) in [6.45, 7) is 5.59. The normalized spacial score (nSPS) is 11.6. The number of hydrogen-bond acceptors (Lipinski definition) is 4. The van der Waals surface area contributed by atoms with Crippen LogP contribution in [0.4, 0.5) is 0 Å². The van der Waals surface area contributed by atoms with Gasteiger partial charge in [-0.25, -0.2) is 0 Å². The number of aromatic nitrogens is 1. The van der Waals surface area contributed by atoms with Gasteiger partial charge in [-0.3, -0.25) is 4.79 Å². The zero-order valence-electron chi connectivity index (χ0n) is 10.5. The van der Waals surface area contributed by atoms with Crippen LogP contribution >= 0.6 is 23.6 Å². The minimum Gasteiger partial charge on any atom is -0.389 e. The second-order valence-electron chi connectivity index (χ2n) is 4.80. The van der Waals surface area contributed by atoms with E-state index in [0.717, 1.165) is 10.6 Å². The number of amides is 1. The predicted molar refractivity (Wildman–Crippen MR) is 71.9 cm³/mol. The average molecular weight is 274 g/mol. The number of aliphatic hydroxyl groups is 1. The van der Waals surface area contributed by atoms with Crippen LogP contribution in [0, 0.1) is 10.9 Å². The molecule has 1 aromatic heterocycles. The lowest BCUT2D eigenvalue weighted by molar-refractivity contribution is -0.131. The van der Waals surface area contributed by atoms with Crippen LogP contribution in [0.1, 0.15) is 24.4 Å². The summed E-state index contributed by atoms with van der Waals surface area (Å²) in [5.41, 5.74) is 0.0783. The first-order valence-corrected chi connectivity index (χ1v) is 6.56. The molecule has 0 radical (unpaired) electrons. The fraction of sp³-hybridized carbons (Fsp3) is 0.636. The zero-order chi connectivity index (χ0) is 13.2. The summed E-state index contributed by atoms with van der Waals surface area (Å²) in [5, 5.41) is 9.65. The fourth-order valence-electron chi connectivity index (χ4n) is 1.55. The molecule has 0 saturated carbocycles. The van der Waals surface area contributed by atoms with Crippen molar-refractivity contribution in [1.29, 1.82) is 0 Å². The summed E-state index contributed by atoms with van der Waals surface area (Å²) in [5.74, 6) is -0.0134. The number of carbonyl (C=O) groups excluding carboxylic acids is 1. The maximum atomic E-state index is 11.9. The largest absolute Gasteiger partial charge is 0.389 e. The summed E-state index contributed by atoms with van der Waals surface area (Å²) >= 11 is 6.45. The third kappa shape index (κ3) is 4.57. The van der Waals surface area contributed by atoms with Gasteiger partial charge in [-0.2, -0.15) is 0 Å². The Morgan fingerprint density at radius 1 is 1.59 bits per heavy atom. The van der Waals surface area contributed by atoms with Gasteiger partial charge in [-0.15, -0.1) is 11.3 Å². The number of carbonyl (C=O) groups is 1. The Morgan fingerprint density at radius 2 is 2.18 bits per heavy atom. The molecule has 1 aromatic rings. The van der Waals surface area contributed by atoms with Gasteiger partial charge >= 0.3 is 0 Å². The summed E-state index contributed by atoms with van der Waals surface area (Å²) in [7, 11) is 1.70. The van der Waals surface area contributed by atoms with Crippen molar-refractivity contribution < 1.29 is 9.90 Å². The Morgan fingerprint density at radius 3 is 2.59 bits per heavy atom. The number of H-pyrrole nitrogens is 1. The Labute approximate surface area is 110 Å². The van der Waals surface area contributed by atoms with Gasteiger partial charge in [-0.05, 0) is 33.0 Å². The van der Waals surface area contributed by atoms with Crippen molar-refractivity contribution in [3.8, 4) is 0 Å². The molecule has 0 aliphatic rings. The fourth-order valence-corrected chi connectivity index (χ4v) is 2.83.